The molecule has 0 saturated carbocycles. The maximum Gasteiger partial charge on any atom is 0.335 e. The zero-order valence-corrected chi connectivity index (χ0v) is 12.4. The van der Waals surface area contributed by atoms with Crippen molar-refractivity contribution in [3.8, 4) is 0 Å². The topological polar surface area (TPSA) is 74.7 Å². The number of sulfonamides is 1. The fraction of sp³-hybridized carbons (Fsp3) is 0.364. The molecule has 0 atom stereocenters. The van der Waals surface area contributed by atoms with Gasteiger partial charge in [-0.05, 0) is 53.6 Å². The molecule has 98 valence electrons. The SMILES string of the molecule is O=C(O)c1cc(I)cc(S(=O)(=O)N2CCCC2)c1. The zero-order chi connectivity index (χ0) is 13.3. The lowest BCUT2D eigenvalue weighted by Gasteiger charge is -2.16. The molecule has 7 heteroatoms. The van der Waals surface area contributed by atoms with Crippen molar-refractivity contribution < 1.29 is 18.3 Å². The van der Waals surface area contributed by atoms with Gasteiger partial charge >= 0.3 is 5.97 Å². The summed E-state index contributed by atoms with van der Waals surface area (Å²) in [6.45, 7) is 1.02. The van der Waals surface area contributed by atoms with E-state index < -0.39 is 16.0 Å². The number of carbonyl (C=O) groups is 1. The normalized spacial score (nSPS) is 16.9. The van der Waals surface area contributed by atoms with Gasteiger partial charge in [-0.2, -0.15) is 4.31 Å². The highest BCUT2D eigenvalue weighted by Crippen LogP contribution is 2.23. The quantitative estimate of drug-likeness (QED) is 0.810. The smallest absolute Gasteiger partial charge is 0.335 e. The van der Waals surface area contributed by atoms with Crippen LogP contribution in [0.1, 0.15) is 23.2 Å². The van der Waals surface area contributed by atoms with Gasteiger partial charge in [0.2, 0.25) is 10.0 Å². The molecule has 5 nitrogen and oxygen atoms in total. The summed E-state index contributed by atoms with van der Waals surface area (Å²) >= 11 is 1.92. The number of benzene rings is 1. The van der Waals surface area contributed by atoms with Crippen molar-refractivity contribution in [1.82, 2.24) is 4.31 Å². The summed E-state index contributed by atoms with van der Waals surface area (Å²) < 4.78 is 26.6. The molecule has 0 aromatic heterocycles. The Bertz CT molecular complexity index is 579. The predicted molar refractivity (Wildman–Crippen MR) is 74.1 cm³/mol. The van der Waals surface area contributed by atoms with Crippen molar-refractivity contribution in [3.63, 3.8) is 0 Å². The van der Waals surface area contributed by atoms with Gasteiger partial charge in [-0.3, -0.25) is 0 Å². The van der Waals surface area contributed by atoms with Gasteiger partial charge in [0.15, 0.2) is 0 Å². The molecule has 18 heavy (non-hydrogen) atoms. The van der Waals surface area contributed by atoms with Gasteiger partial charge in [-0.25, -0.2) is 13.2 Å². The fourth-order valence-electron chi connectivity index (χ4n) is 1.91. The van der Waals surface area contributed by atoms with Crippen LogP contribution < -0.4 is 0 Å². The van der Waals surface area contributed by atoms with Crippen LogP contribution in [0.3, 0.4) is 0 Å². The number of nitrogens with zero attached hydrogens (tertiary/aromatic N) is 1. The highest BCUT2D eigenvalue weighted by Gasteiger charge is 2.28. The molecule has 0 amide bonds. The fourth-order valence-corrected chi connectivity index (χ4v) is 4.38. The van der Waals surface area contributed by atoms with E-state index >= 15 is 0 Å². The van der Waals surface area contributed by atoms with Crippen LogP contribution >= 0.6 is 22.6 Å². The van der Waals surface area contributed by atoms with Crippen molar-refractivity contribution >= 4 is 38.6 Å². The molecule has 0 bridgehead atoms. The molecular formula is C11H12INO4S. The van der Waals surface area contributed by atoms with E-state index in [1.54, 1.807) is 0 Å². The molecule has 1 saturated heterocycles. The summed E-state index contributed by atoms with van der Waals surface area (Å²) in [6, 6.07) is 4.17. The monoisotopic (exact) mass is 381 g/mol. The standard InChI is InChI=1S/C11H12INO4S/c12-9-5-8(11(14)15)6-10(7-9)18(16,17)13-3-1-2-4-13/h5-7H,1-4H2,(H,14,15). The lowest BCUT2D eigenvalue weighted by molar-refractivity contribution is 0.0696. The van der Waals surface area contributed by atoms with Gasteiger partial charge in [-0.1, -0.05) is 0 Å². The molecule has 0 aliphatic carbocycles. The molecule has 0 radical (unpaired) electrons. The first-order chi connectivity index (χ1) is 8.41. The van der Waals surface area contributed by atoms with E-state index in [2.05, 4.69) is 0 Å². The summed E-state index contributed by atoms with van der Waals surface area (Å²) in [4.78, 5) is 11.0. The number of rotatable bonds is 3. The van der Waals surface area contributed by atoms with E-state index in [-0.39, 0.29) is 10.5 Å². The van der Waals surface area contributed by atoms with Crippen LogP contribution in [0.25, 0.3) is 0 Å². The average Bonchev–Trinajstić information content (AvgIpc) is 2.82. The van der Waals surface area contributed by atoms with Gasteiger partial charge < -0.3 is 5.11 Å². The van der Waals surface area contributed by atoms with Crippen LogP contribution in [0.5, 0.6) is 0 Å². The lowest BCUT2D eigenvalue weighted by atomic mass is 10.2. The number of hydrogen-bond donors (Lipinski definition) is 1. The van der Waals surface area contributed by atoms with Gasteiger partial charge in [0.25, 0.3) is 0 Å². The molecule has 1 aliphatic rings. The molecular weight excluding hydrogens is 369 g/mol. The molecule has 1 aliphatic heterocycles. The van der Waals surface area contributed by atoms with E-state index in [9.17, 15) is 13.2 Å². The minimum Gasteiger partial charge on any atom is -0.478 e. The van der Waals surface area contributed by atoms with Crippen LogP contribution in [0.2, 0.25) is 0 Å². The van der Waals surface area contributed by atoms with Crippen LogP contribution in [-0.4, -0.2) is 36.9 Å². The van der Waals surface area contributed by atoms with Crippen LogP contribution in [0.15, 0.2) is 23.1 Å². The second kappa shape index (κ2) is 5.14. The predicted octanol–water partition coefficient (Wildman–Crippen LogP) is 1.77. The molecule has 1 fully saturated rings. The first-order valence-corrected chi connectivity index (χ1v) is 7.97. The first-order valence-electron chi connectivity index (χ1n) is 5.45. The van der Waals surface area contributed by atoms with Crippen molar-refractivity contribution in [2.45, 2.75) is 17.7 Å². The Morgan fingerprint density at radius 3 is 2.39 bits per heavy atom. The lowest BCUT2D eigenvalue weighted by Crippen LogP contribution is -2.28. The van der Waals surface area contributed by atoms with Gasteiger partial charge in [0, 0.05) is 16.7 Å². The molecule has 1 N–H and O–H groups in total. The second-order valence-electron chi connectivity index (χ2n) is 4.09. The Labute approximate surface area is 119 Å². The Kier molecular flexibility index (Phi) is 3.93. The second-order valence-corrected chi connectivity index (χ2v) is 7.28. The number of carboxylic acids is 1. The molecule has 1 heterocycles. The number of aromatic carboxylic acids is 1. The van der Waals surface area contributed by atoms with Gasteiger partial charge in [0.1, 0.15) is 0 Å². The van der Waals surface area contributed by atoms with Crippen LogP contribution in [-0.2, 0) is 10.0 Å². The minimum atomic E-state index is -3.55. The first kappa shape index (κ1) is 13.8. The molecule has 2 rings (SSSR count). The molecule has 0 spiro atoms. The summed E-state index contributed by atoms with van der Waals surface area (Å²) in [5.74, 6) is -1.12. The van der Waals surface area contributed by atoms with Crippen molar-refractivity contribution in [3.05, 3.63) is 27.3 Å². The van der Waals surface area contributed by atoms with E-state index in [0.29, 0.717) is 16.7 Å². The third-order valence-electron chi connectivity index (χ3n) is 2.82. The minimum absolute atomic E-state index is 0.000304. The summed E-state index contributed by atoms with van der Waals surface area (Å²) in [6.07, 6.45) is 1.71. The number of carboxylic acid groups (broad SMARTS) is 1. The average molecular weight is 381 g/mol. The Balaban J connectivity index is 2.47. The van der Waals surface area contributed by atoms with E-state index in [4.69, 9.17) is 5.11 Å². The summed E-state index contributed by atoms with van der Waals surface area (Å²) in [5, 5.41) is 8.95. The molecule has 1 aromatic rings. The van der Waals surface area contributed by atoms with Crippen molar-refractivity contribution in [2.24, 2.45) is 0 Å². The Morgan fingerprint density at radius 1 is 1.22 bits per heavy atom. The summed E-state index contributed by atoms with van der Waals surface area (Å²) in [7, 11) is -3.55. The summed E-state index contributed by atoms with van der Waals surface area (Å²) in [5.41, 5.74) is -0.000304. The third kappa shape index (κ3) is 2.67. The maximum absolute atomic E-state index is 12.3. The van der Waals surface area contributed by atoms with Gasteiger partial charge in [-0.15, -0.1) is 0 Å². The number of halogens is 1. The van der Waals surface area contributed by atoms with Crippen LogP contribution in [0.4, 0.5) is 0 Å². The van der Waals surface area contributed by atoms with E-state index in [1.807, 2.05) is 22.6 Å². The van der Waals surface area contributed by atoms with E-state index in [0.717, 1.165) is 12.8 Å². The molecule has 1 aromatic carbocycles. The number of hydrogen-bond acceptors (Lipinski definition) is 3. The maximum atomic E-state index is 12.3. The van der Waals surface area contributed by atoms with Crippen LogP contribution in [0, 0.1) is 3.57 Å². The highest BCUT2D eigenvalue weighted by molar-refractivity contribution is 14.1. The van der Waals surface area contributed by atoms with Crippen molar-refractivity contribution in [1.29, 1.82) is 0 Å². The zero-order valence-electron chi connectivity index (χ0n) is 9.47. The van der Waals surface area contributed by atoms with Crippen molar-refractivity contribution in [2.75, 3.05) is 13.1 Å². The third-order valence-corrected chi connectivity index (χ3v) is 5.32. The Hall–Kier alpha value is -0.670. The largest absolute Gasteiger partial charge is 0.478 e. The molecule has 0 unspecified atom stereocenters. The van der Waals surface area contributed by atoms with E-state index in [1.165, 1.54) is 22.5 Å². The Morgan fingerprint density at radius 2 is 1.83 bits per heavy atom. The highest BCUT2D eigenvalue weighted by atomic mass is 127. The van der Waals surface area contributed by atoms with Gasteiger partial charge in [0.05, 0.1) is 10.5 Å².